The zero-order valence-electron chi connectivity index (χ0n) is 9.71. The van der Waals surface area contributed by atoms with Crippen LogP contribution < -0.4 is 10.1 Å². The van der Waals surface area contributed by atoms with Crippen molar-refractivity contribution in [1.29, 1.82) is 0 Å². The van der Waals surface area contributed by atoms with Gasteiger partial charge in [0.2, 0.25) is 0 Å². The van der Waals surface area contributed by atoms with Crippen LogP contribution in [0.5, 0.6) is 6.01 Å². The molecule has 2 heterocycles. The fraction of sp³-hybridized carbons (Fsp3) is 0.667. The molecular weight excluding hydrogens is 218 g/mol. The summed E-state index contributed by atoms with van der Waals surface area (Å²) in [6.07, 6.45) is 6.01. The van der Waals surface area contributed by atoms with E-state index in [0.717, 1.165) is 19.6 Å². The maximum atomic E-state index is 5.82. The van der Waals surface area contributed by atoms with Gasteiger partial charge in [0.05, 0.1) is 19.3 Å². The molecule has 3 atom stereocenters. The summed E-state index contributed by atoms with van der Waals surface area (Å²) < 4.78 is 11.4. The van der Waals surface area contributed by atoms with E-state index in [1.165, 1.54) is 6.42 Å². The van der Waals surface area contributed by atoms with Gasteiger partial charge in [0.25, 0.3) is 0 Å². The van der Waals surface area contributed by atoms with Crippen molar-refractivity contribution in [2.75, 3.05) is 19.8 Å². The summed E-state index contributed by atoms with van der Waals surface area (Å²) in [4.78, 5) is 8.11. The van der Waals surface area contributed by atoms with E-state index >= 15 is 0 Å². The summed E-state index contributed by atoms with van der Waals surface area (Å²) in [6, 6.07) is 2.75. The Kier molecular flexibility index (Phi) is 3.20. The largest absolute Gasteiger partial charge is 0.463 e. The van der Waals surface area contributed by atoms with Gasteiger partial charge in [-0.3, -0.25) is 0 Å². The van der Waals surface area contributed by atoms with E-state index in [-0.39, 0.29) is 0 Å². The highest BCUT2D eigenvalue weighted by molar-refractivity contribution is 4.96. The second kappa shape index (κ2) is 4.98. The number of nitrogens with zero attached hydrogens (tertiary/aromatic N) is 2. The zero-order valence-corrected chi connectivity index (χ0v) is 9.71. The first kappa shape index (κ1) is 10.9. The van der Waals surface area contributed by atoms with Gasteiger partial charge >= 0.3 is 6.01 Å². The lowest BCUT2D eigenvalue weighted by molar-refractivity contribution is -0.0247. The van der Waals surface area contributed by atoms with Gasteiger partial charge < -0.3 is 14.8 Å². The van der Waals surface area contributed by atoms with Crippen molar-refractivity contribution in [2.24, 2.45) is 5.92 Å². The monoisotopic (exact) mass is 235 g/mol. The zero-order chi connectivity index (χ0) is 11.5. The standard InChI is InChI=1S/C12H17N3O2/c1-4-14-12(15-5-1)17-8-9-2-3-10-11(9)16-7-6-13-10/h1,4-5,9-11,13H,2-3,6-8H2/t9-,10+,11-/m0/s1. The van der Waals surface area contributed by atoms with Crippen molar-refractivity contribution in [1.82, 2.24) is 15.3 Å². The molecule has 92 valence electrons. The lowest BCUT2D eigenvalue weighted by Crippen LogP contribution is -2.47. The SMILES string of the molecule is c1cnc(OC[C@@H]2CC[C@H]3NCCO[C@@H]23)nc1. The molecule has 2 aliphatic rings. The summed E-state index contributed by atoms with van der Waals surface area (Å²) >= 11 is 0. The van der Waals surface area contributed by atoms with Crippen LogP contribution in [-0.4, -0.2) is 41.9 Å². The van der Waals surface area contributed by atoms with Gasteiger partial charge in [-0.25, -0.2) is 9.97 Å². The number of hydrogen-bond donors (Lipinski definition) is 1. The molecular formula is C12H17N3O2. The molecule has 0 radical (unpaired) electrons. The number of aromatic nitrogens is 2. The highest BCUT2D eigenvalue weighted by atomic mass is 16.5. The van der Waals surface area contributed by atoms with E-state index in [1.54, 1.807) is 18.5 Å². The number of nitrogens with one attached hydrogen (secondary N) is 1. The summed E-state index contributed by atoms with van der Waals surface area (Å²) in [5.41, 5.74) is 0. The average molecular weight is 235 g/mol. The van der Waals surface area contributed by atoms with Crippen LogP contribution in [0.25, 0.3) is 0 Å². The maximum absolute atomic E-state index is 5.82. The topological polar surface area (TPSA) is 56.3 Å². The van der Waals surface area contributed by atoms with Gasteiger partial charge in [0, 0.05) is 30.9 Å². The molecule has 2 fully saturated rings. The van der Waals surface area contributed by atoms with Crippen LogP contribution in [0.1, 0.15) is 12.8 Å². The Labute approximate surface area is 101 Å². The minimum absolute atomic E-state index is 0.299. The molecule has 1 aromatic rings. The average Bonchev–Trinajstić information content (AvgIpc) is 2.81. The summed E-state index contributed by atoms with van der Waals surface area (Å²) in [7, 11) is 0. The van der Waals surface area contributed by atoms with E-state index in [0.29, 0.717) is 30.7 Å². The molecule has 0 aromatic carbocycles. The van der Waals surface area contributed by atoms with Crippen LogP contribution in [0.3, 0.4) is 0 Å². The van der Waals surface area contributed by atoms with E-state index in [9.17, 15) is 0 Å². The Morgan fingerprint density at radius 1 is 1.35 bits per heavy atom. The molecule has 17 heavy (non-hydrogen) atoms. The number of rotatable bonds is 3. The minimum Gasteiger partial charge on any atom is -0.463 e. The first-order chi connectivity index (χ1) is 8.43. The van der Waals surface area contributed by atoms with Crippen LogP contribution in [0, 0.1) is 5.92 Å². The van der Waals surface area contributed by atoms with E-state index in [2.05, 4.69) is 15.3 Å². The maximum Gasteiger partial charge on any atom is 0.316 e. The molecule has 5 nitrogen and oxygen atoms in total. The molecule has 0 spiro atoms. The predicted molar refractivity (Wildman–Crippen MR) is 61.8 cm³/mol. The Bertz CT molecular complexity index is 360. The third-order valence-corrected chi connectivity index (χ3v) is 3.50. The Morgan fingerprint density at radius 3 is 3.12 bits per heavy atom. The van der Waals surface area contributed by atoms with Crippen LogP contribution in [-0.2, 0) is 4.74 Å². The lowest BCUT2D eigenvalue weighted by atomic mass is 10.1. The molecule has 0 unspecified atom stereocenters. The molecule has 1 saturated carbocycles. The molecule has 5 heteroatoms. The Balaban J connectivity index is 1.55. The quantitative estimate of drug-likeness (QED) is 0.832. The molecule has 1 N–H and O–H groups in total. The predicted octanol–water partition coefficient (Wildman–Crippen LogP) is 0.622. The fourth-order valence-corrected chi connectivity index (χ4v) is 2.68. The van der Waals surface area contributed by atoms with E-state index in [4.69, 9.17) is 9.47 Å². The van der Waals surface area contributed by atoms with Crippen molar-refractivity contribution < 1.29 is 9.47 Å². The van der Waals surface area contributed by atoms with Gasteiger partial charge in [-0.15, -0.1) is 0 Å². The van der Waals surface area contributed by atoms with Crippen LogP contribution in [0.4, 0.5) is 0 Å². The second-order valence-electron chi connectivity index (χ2n) is 4.58. The molecule has 1 aliphatic heterocycles. The second-order valence-corrected chi connectivity index (χ2v) is 4.58. The number of hydrogen-bond acceptors (Lipinski definition) is 5. The van der Waals surface area contributed by atoms with Crippen molar-refractivity contribution in [2.45, 2.75) is 25.0 Å². The van der Waals surface area contributed by atoms with Crippen LogP contribution in [0.15, 0.2) is 18.5 Å². The van der Waals surface area contributed by atoms with Gasteiger partial charge in [-0.1, -0.05) is 0 Å². The molecule has 0 bridgehead atoms. The minimum atomic E-state index is 0.299. The van der Waals surface area contributed by atoms with Gasteiger partial charge in [-0.05, 0) is 18.9 Å². The molecule has 1 aliphatic carbocycles. The van der Waals surface area contributed by atoms with Crippen molar-refractivity contribution >= 4 is 0 Å². The van der Waals surface area contributed by atoms with Gasteiger partial charge in [0.15, 0.2) is 0 Å². The molecule has 3 rings (SSSR count). The molecule has 1 saturated heterocycles. The Hall–Kier alpha value is -1.20. The Morgan fingerprint density at radius 2 is 2.24 bits per heavy atom. The normalized spacial score (nSPS) is 32.1. The summed E-state index contributed by atoms with van der Waals surface area (Å²) in [6.45, 7) is 2.42. The lowest BCUT2D eigenvalue weighted by Gasteiger charge is -2.30. The summed E-state index contributed by atoms with van der Waals surface area (Å²) in [5, 5.41) is 3.50. The highest BCUT2D eigenvalue weighted by Crippen LogP contribution is 2.30. The van der Waals surface area contributed by atoms with E-state index < -0.39 is 0 Å². The number of ether oxygens (including phenoxy) is 2. The number of fused-ring (bicyclic) bond motifs is 1. The van der Waals surface area contributed by atoms with Crippen molar-refractivity contribution in [3.8, 4) is 6.01 Å². The van der Waals surface area contributed by atoms with E-state index in [1.807, 2.05) is 0 Å². The van der Waals surface area contributed by atoms with Crippen molar-refractivity contribution in [3.05, 3.63) is 18.5 Å². The third kappa shape index (κ3) is 2.40. The third-order valence-electron chi connectivity index (χ3n) is 3.50. The van der Waals surface area contributed by atoms with Crippen LogP contribution >= 0.6 is 0 Å². The van der Waals surface area contributed by atoms with Crippen LogP contribution in [0.2, 0.25) is 0 Å². The first-order valence-electron chi connectivity index (χ1n) is 6.18. The highest BCUT2D eigenvalue weighted by Gasteiger charge is 2.38. The van der Waals surface area contributed by atoms with Gasteiger partial charge in [-0.2, -0.15) is 0 Å². The molecule has 1 aromatic heterocycles. The van der Waals surface area contributed by atoms with Crippen molar-refractivity contribution in [3.63, 3.8) is 0 Å². The summed E-state index contributed by atoms with van der Waals surface area (Å²) in [5.74, 6) is 0.455. The fourth-order valence-electron chi connectivity index (χ4n) is 2.68. The number of morpholine rings is 1. The smallest absolute Gasteiger partial charge is 0.316 e. The van der Waals surface area contributed by atoms with Gasteiger partial charge in [0.1, 0.15) is 0 Å². The molecule has 0 amide bonds. The first-order valence-corrected chi connectivity index (χ1v) is 6.18.